The lowest BCUT2D eigenvalue weighted by Gasteiger charge is -2.00. The molecule has 0 heterocycles. The van der Waals surface area contributed by atoms with E-state index in [9.17, 15) is 4.79 Å². The quantitative estimate of drug-likeness (QED) is 0.656. The molecule has 0 saturated heterocycles. The summed E-state index contributed by atoms with van der Waals surface area (Å²) in [5, 5.41) is 16.9. The maximum atomic E-state index is 9.49. The molecule has 0 bridgehead atoms. The van der Waals surface area contributed by atoms with E-state index in [0.717, 1.165) is 5.56 Å². The Kier molecular flexibility index (Phi) is 6.41. The van der Waals surface area contributed by atoms with Gasteiger partial charge in [-0.3, -0.25) is 0 Å². The highest BCUT2D eigenvalue weighted by Gasteiger charge is 1.94. The maximum absolute atomic E-state index is 9.49. The number of carbonyl (C=O) groups is 1. The van der Waals surface area contributed by atoms with E-state index in [1.807, 2.05) is 42.5 Å². The molecule has 2 N–H and O–H groups in total. The number of aromatic hydroxyl groups is 1. The molecule has 0 aromatic heterocycles. The van der Waals surface area contributed by atoms with Crippen LogP contribution in [-0.2, 0) is 4.74 Å². The Balaban J connectivity index is 0.000000246. The molecule has 0 spiro atoms. The van der Waals surface area contributed by atoms with Crippen LogP contribution in [0.5, 0.6) is 5.75 Å². The monoisotopic (exact) mass is 272 g/mol. The molecule has 0 atom stereocenters. The van der Waals surface area contributed by atoms with Gasteiger partial charge in [0.2, 0.25) is 0 Å². The van der Waals surface area contributed by atoms with Crippen molar-refractivity contribution in [1.29, 1.82) is 0 Å². The predicted octanol–water partition coefficient (Wildman–Crippen LogP) is 3.93. The van der Waals surface area contributed by atoms with Gasteiger partial charge >= 0.3 is 6.16 Å². The van der Waals surface area contributed by atoms with Crippen molar-refractivity contribution in [2.24, 2.45) is 0 Å². The summed E-state index contributed by atoms with van der Waals surface area (Å²) in [5.41, 5.74) is 2.29. The highest BCUT2D eigenvalue weighted by Crippen LogP contribution is 2.20. The van der Waals surface area contributed by atoms with Crippen LogP contribution >= 0.6 is 0 Å². The molecule has 0 aliphatic rings. The van der Waals surface area contributed by atoms with Crippen molar-refractivity contribution in [1.82, 2.24) is 0 Å². The molecule has 2 aromatic rings. The fourth-order valence-electron chi connectivity index (χ4n) is 1.41. The summed E-state index contributed by atoms with van der Waals surface area (Å²) in [4.78, 5) is 9.49. The normalized spacial score (nSPS) is 9.00. The zero-order valence-corrected chi connectivity index (χ0v) is 10.9. The highest BCUT2D eigenvalue weighted by atomic mass is 16.7. The minimum atomic E-state index is -1.26. The van der Waals surface area contributed by atoms with Crippen molar-refractivity contribution in [3.8, 4) is 16.9 Å². The molecule has 0 fully saturated rings. The van der Waals surface area contributed by atoms with E-state index < -0.39 is 6.16 Å². The molecule has 104 valence electrons. The first-order valence-corrected chi connectivity index (χ1v) is 5.94. The second-order valence-corrected chi connectivity index (χ2v) is 3.78. The predicted molar refractivity (Wildman–Crippen MR) is 77.7 cm³/mol. The van der Waals surface area contributed by atoms with Gasteiger partial charge in [0.15, 0.2) is 0 Å². The highest BCUT2D eigenvalue weighted by molar-refractivity contribution is 5.63. The molecule has 2 rings (SSSR count). The SMILES string of the molecule is C=CCOC(=O)O.Oc1ccc(-c2ccccc2)cc1. The molecule has 20 heavy (non-hydrogen) atoms. The van der Waals surface area contributed by atoms with Crippen LogP contribution in [0.25, 0.3) is 11.1 Å². The van der Waals surface area contributed by atoms with Gasteiger partial charge in [-0.2, -0.15) is 0 Å². The number of benzene rings is 2. The molecule has 0 saturated carbocycles. The zero-order chi connectivity index (χ0) is 14.8. The molecule has 2 aromatic carbocycles. The Hall–Kier alpha value is -2.75. The molecule has 0 unspecified atom stereocenters. The first-order chi connectivity index (χ1) is 9.63. The third kappa shape index (κ3) is 5.73. The van der Waals surface area contributed by atoms with Crippen LogP contribution in [0, 0.1) is 0 Å². The van der Waals surface area contributed by atoms with Crippen LogP contribution in [-0.4, -0.2) is 23.0 Å². The van der Waals surface area contributed by atoms with Crippen LogP contribution in [0.2, 0.25) is 0 Å². The van der Waals surface area contributed by atoms with Crippen LogP contribution in [0.1, 0.15) is 0 Å². The van der Waals surface area contributed by atoms with Crippen molar-refractivity contribution in [2.45, 2.75) is 0 Å². The van der Waals surface area contributed by atoms with Crippen LogP contribution < -0.4 is 0 Å². The fraction of sp³-hybridized carbons (Fsp3) is 0.0625. The summed E-state index contributed by atoms with van der Waals surface area (Å²) in [6.07, 6.45) is 0.105. The lowest BCUT2D eigenvalue weighted by atomic mass is 10.1. The largest absolute Gasteiger partial charge is 0.508 e. The summed E-state index contributed by atoms with van der Waals surface area (Å²) < 4.78 is 3.99. The lowest BCUT2D eigenvalue weighted by Crippen LogP contribution is -1.98. The molecule has 4 heteroatoms. The van der Waals surface area contributed by atoms with E-state index in [1.165, 1.54) is 11.6 Å². The van der Waals surface area contributed by atoms with E-state index in [1.54, 1.807) is 12.1 Å². The van der Waals surface area contributed by atoms with Crippen LogP contribution in [0.15, 0.2) is 67.3 Å². The van der Waals surface area contributed by atoms with Gasteiger partial charge in [-0.05, 0) is 23.3 Å². The summed E-state index contributed by atoms with van der Waals surface area (Å²) in [6, 6.07) is 17.3. The van der Waals surface area contributed by atoms with Crippen LogP contribution in [0.3, 0.4) is 0 Å². The number of ether oxygens (including phenoxy) is 1. The molecular formula is C16H16O4. The van der Waals surface area contributed by atoms with Gasteiger partial charge in [0, 0.05) is 0 Å². The van der Waals surface area contributed by atoms with Gasteiger partial charge in [0.25, 0.3) is 0 Å². The second kappa shape index (κ2) is 8.37. The number of phenolic OH excluding ortho intramolecular Hbond substituents is 1. The van der Waals surface area contributed by atoms with E-state index in [2.05, 4.69) is 11.3 Å². The Labute approximate surface area is 117 Å². The number of carboxylic acid groups (broad SMARTS) is 1. The topological polar surface area (TPSA) is 66.8 Å². The lowest BCUT2D eigenvalue weighted by molar-refractivity contribution is 0.102. The fourth-order valence-corrected chi connectivity index (χ4v) is 1.41. The third-order valence-electron chi connectivity index (χ3n) is 2.30. The summed E-state index contributed by atoms with van der Waals surface area (Å²) >= 11 is 0. The van der Waals surface area contributed by atoms with Crippen molar-refractivity contribution in [3.63, 3.8) is 0 Å². The average molecular weight is 272 g/mol. The Morgan fingerprint density at radius 2 is 1.60 bits per heavy atom. The Morgan fingerprint density at radius 3 is 2.05 bits per heavy atom. The van der Waals surface area contributed by atoms with Gasteiger partial charge in [-0.25, -0.2) is 4.79 Å². The second-order valence-electron chi connectivity index (χ2n) is 3.78. The van der Waals surface area contributed by atoms with Crippen molar-refractivity contribution in [3.05, 3.63) is 67.3 Å². The average Bonchev–Trinajstić information content (AvgIpc) is 2.47. The van der Waals surface area contributed by atoms with E-state index in [-0.39, 0.29) is 6.61 Å². The minimum Gasteiger partial charge on any atom is -0.508 e. The van der Waals surface area contributed by atoms with Gasteiger partial charge in [-0.1, -0.05) is 55.1 Å². The molecule has 0 aliphatic heterocycles. The van der Waals surface area contributed by atoms with Gasteiger partial charge in [-0.15, -0.1) is 0 Å². The third-order valence-corrected chi connectivity index (χ3v) is 2.30. The van der Waals surface area contributed by atoms with Gasteiger partial charge in [0.1, 0.15) is 12.4 Å². The van der Waals surface area contributed by atoms with E-state index in [4.69, 9.17) is 10.2 Å². The van der Waals surface area contributed by atoms with Crippen molar-refractivity contribution < 1.29 is 19.7 Å². The van der Waals surface area contributed by atoms with E-state index in [0.29, 0.717) is 5.75 Å². The van der Waals surface area contributed by atoms with E-state index >= 15 is 0 Å². The zero-order valence-electron chi connectivity index (χ0n) is 10.9. The number of hydrogen-bond donors (Lipinski definition) is 2. The summed E-state index contributed by atoms with van der Waals surface area (Å²) in [6.45, 7) is 3.31. The van der Waals surface area contributed by atoms with Crippen LogP contribution in [0.4, 0.5) is 4.79 Å². The maximum Gasteiger partial charge on any atom is 0.506 e. The minimum absolute atomic E-state index is 0.0648. The number of rotatable bonds is 3. The molecule has 4 nitrogen and oxygen atoms in total. The van der Waals surface area contributed by atoms with Gasteiger partial charge in [0.05, 0.1) is 0 Å². The van der Waals surface area contributed by atoms with Gasteiger partial charge < -0.3 is 14.9 Å². The van der Waals surface area contributed by atoms with Crippen molar-refractivity contribution in [2.75, 3.05) is 6.61 Å². The molecular weight excluding hydrogens is 256 g/mol. The molecule has 0 aliphatic carbocycles. The molecule has 0 amide bonds. The van der Waals surface area contributed by atoms with Crippen molar-refractivity contribution >= 4 is 6.16 Å². The Morgan fingerprint density at radius 1 is 1.05 bits per heavy atom. The summed E-state index contributed by atoms with van der Waals surface area (Å²) in [5.74, 6) is 0.305. The number of hydrogen-bond acceptors (Lipinski definition) is 3. The number of phenols is 1. The summed E-state index contributed by atoms with van der Waals surface area (Å²) in [7, 11) is 0. The molecule has 0 radical (unpaired) electrons. The standard InChI is InChI=1S/C12H10O.C4H6O3/c13-12-8-6-11(7-9-12)10-4-2-1-3-5-10;1-2-3-7-4(5)6/h1-9,13H;2H,1,3H2,(H,5,6). The first kappa shape index (κ1) is 15.3. The smallest absolute Gasteiger partial charge is 0.506 e. The first-order valence-electron chi connectivity index (χ1n) is 5.94. The Bertz CT molecular complexity index is 532.